The predicted octanol–water partition coefficient (Wildman–Crippen LogP) is 5.87. The number of hydrogen-bond donors (Lipinski definition) is 0. The second-order valence-corrected chi connectivity index (χ2v) is 9.65. The number of nitrogens with zero attached hydrogens (tertiary/aromatic N) is 1. The molecule has 1 amide bonds. The van der Waals surface area contributed by atoms with Crippen LogP contribution >= 0.6 is 0 Å². The Morgan fingerprint density at radius 2 is 1.47 bits per heavy atom. The fourth-order valence-electron chi connectivity index (χ4n) is 3.61. The van der Waals surface area contributed by atoms with Crippen LogP contribution in [0.3, 0.4) is 0 Å². The molecule has 174 valence electrons. The van der Waals surface area contributed by atoms with Gasteiger partial charge in [0.1, 0.15) is 5.60 Å². The van der Waals surface area contributed by atoms with Crippen molar-refractivity contribution in [1.29, 1.82) is 0 Å². The quantitative estimate of drug-likeness (QED) is 0.235. The van der Waals surface area contributed by atoms with Crippen molar-refractivity contribution in [3.63, 3.8) is 0 Å². The van der Waals surface area contributed by atoms with Gasteiger partial charge in [-0.1, -0.05) is 65.2 Å². The average Bonchev–Trinajstić information content (AvgIpc) is 2.68. The van der Waals surface area contributed by atoms with Gasteiger partial charge in [-0.05, 0) is 40.0 Å². The van der Waals surface area contributed by atoms with E-state index in [1.54, 1.807) is 4.90 Å². The van der Waals surface area contributed by atoms with Crippen molar-refractivity contribution in [1.82, 2.24) is 4.90 Å². The molecule has 0 aliphatic carbocycles. The highest BCUT2D eigenvalue weighted by Crippen LogP contribution is 2.22. The molecule has 0 unspecified atom stereocenters. The molecule has 0 saturated carbocycles. The van der Waals surface area contributed by atoms with Gasteiger partial charge in [0.25, 0.3) is 0 Å². The third-order valence-electron chi connectivity index (χ3n) is 5.57. The summed E-state index contributed by atoms with van der Waals surface area (Å²) in [5, 5.41) is 0. The predicted molar refractivity (Wildman–Crippen MR) is 118 cm³/mol. The van der Waals surface area contributed by atoms with Gasteiger partial charge in [0.05, 0.1) is 11.8 Å². The summed E-state index contributed by atoms with van der Waals surface area (Å²) < 4.78 is 10.5. The lowest BCUT2D eigenvalue weighted by Gasteiger charge is -2.32. The summed E-state index contributed by atoms with van der Waals surface area (Å²) >= 11 is 0. The number of ether oxygens (including phenoxy) is 2. The smallest absolute Gasteiger partial charge is 0.410 e. The highest BCUT2D eigenvalue weighted by atomic mass is 16.6. The second kappa shape index (κ2) is 13.7. The number of carbonyl (C=O) groups is 3. The minimum atomic E-state index is -0.537. The number of hydrogen-bond acceptors (Lipinski definition) is 5. The molecule has 0 aromatic heterocycles. The third-order valence-corrected chi connectivity index (χ3v) is 5.57. The van der Waals surface area contributed by atoms with Gasteiger partial charge in [0, 0.05) is 13.1 Å². The van der Waals surface area contributed by atoms with Crippen molar-refractivity contribution >= 4 is 18.0 Å². The van der Waals surface area contributed by atoms with Crippen LogP contribution in [0.5, 0.6) is 0 Å². The SMILES string of the molecule is CCCCCCCCCC[C@H](C)C(=O)OC(=O)C1CCN(C(=O)OC(C)(C)C)CC1. The summed E-state index contributed by atoms with van der Waals surface area (Å²) in [6.07, 6.45) is 11.2. The summed E-state index contributed by atoms with van der Waals surface area (Å²) in [6, 6.07) is 0. The molecule has 6 heteroatoms. The van der Waals surface area contributed by atoms with Crippen LogP contribution in [0.15, 0.2) is 0 Å². The molecular weight excluding hydrogens is 382 g/mol. The van der Waals surface area contributed by atoms with Gasteiger partial charge in [-0.15, -0.1) is 0 Å². The van der Waals surface area contributed by atoms with Gasteiger partial charge in [0.15, 0.2) is 0 Å². The number of piperidine rings is 1. The van der Waals surface area contributed by atoms with Gasteiger partial charge < -0.3 is 14.4 Å². The van der Waals surface area contributed by atoms with Crippen molar-refractivity contribution in [2.75, 3.05) is 13.1 Å². The van der Waals surface area contributed by atoms with Gasteiger partial charge in [-0.2, -0.15) is 0 Å². The molecule has 0 aromatic rings. The van der Waals surface area contributed by atoms with Gasteiger partial charge in [0.2, 0.25) is 0 Å². The molecule has 1 aliphatic rings. The van der Waals surface area contributed by atoms with E-state index in [1.165, 1.54) is 38.5 Å². The first-order chi connectivity index (χ1) is 14.1. The highest BCUT2D eigenvalue weighted by molar-refractivity contribution is 5.87. The standard InChI is InChI=1S/C24H43NO5/c1-6-7-8-9-10-11-12-13-14-19(2)21(26)29-22(27)20-15-17-25(18-16-20)23(28)30-24(3,4)5/h19-20H,6-18H2,1-5H3/t19-/m0/s1. The molecule has 0 N–H and O–H groups in total. The Morgan fingerprint density at radius 1 is 0.933 bits per heavy atom. The summed E-state index contributed by atoms with van der Waals surface area (Å²) in [4.78, 5) is 38.3. The zero-order valence-corrected chi connectivity index (χ0v) is 19.8. The molecule has 0 bridgehead atoms. The molecule has 1 aliphatic heterocycles. The number of esters is 2. The molecule has 1 fully saturated rings. The molecule has 1 atom stereocenters. The van der Waals surface area contributed by atoms with E-state index >= 15 is 0 Å². The molecule has 6 nitrogen and oxygen atoms in total. The Balaban J connectivity index is 2.21. The van der Waals surface area contributed by atoms with E-state index in [4.69, 9.17) is 9.47 Å². The van der Waals surface area contributed by atoms with Crippen LogP contribution in [-0.2, 0) is 19.1 Å². The van der Waals surface area contributed by atoms with Crippen LogP contribution in [-0.4, -0.2) is 41.6 Å². The first-order valence-corrected chi connectivity index (χ1v) is 11.9. The number of likely N-dealkylation sites (tertiary alicyclic amines) is 1. The largest absolute Gasteiger partial charge is 0.444 e. The molecule has 0 aromatic carbocycles. The van der Waals surface area contributed by atoms with Gasteiger partial charge in [-0.25, -0.2) is 4.79 Å². The van der Waals surface area contributed by atoms with E-state index in [0.717, 1.165) is 19.3 Å². The lowest BCUT2D eigenvalue weighted by molar-refractivity contribution is -0.166. The van der Waals surface area contributed by atoms with Crippen LogP contribution in [0.25, 0.3) is 0 Å². The monoisotopic (exact) mass is 425 g/mol. The molecule has 30 heavy (non-hydrogen) atoms. The number of amides is 1. The topological polar surface area (TPSA) is 72.9 Å². The van der Waals surface area contributed by atoms with E-state index < -0.39 is 17.5 Å². The van der Waals surface area contributed by atoms with Crippen molar-refractivity contribution in [3.05, 3.63) is 0 Å². The minimum absolute atomic E-state index is 0.254. The van der Waals surface area contributed by atoms with Crippen LogP contribution in [0.1, 0.15) is 105 Å². The molecule has 1 heterocycles. The molecule has 1 saturated heterocycles. The van der Waals surface area contributed by atoms with E-state index in [0.29, 0.717) is 25.9 Å². The first-order valence-electron chi connectivity index (χ1n) is 11.9. The lowest BCUT2D eigenvalue weighted by atomic mass is 9.97. The molecule has 0 spiro atoms. The Bertz CT molecular complexity index is 532. The van der Waals surface area contributed by atoms with Gasteiger partial charge >= 0.3 is 18.0 Å². The van der Waals surface area contributed by atoms with Crippen LogP contribution in [0.2, 0.25) is 0 Å². The Morgan fingerprint density at radius 3 is 2.00 bits per heavy atom. The summed E-state index contributed by atoms with van der Waals surface area (Å²) in [6.45, 7) is 10.4. The Hall–Kier alpha value is -1.59. The van der Waals surface area contributed by atoms with E-state index in [2.05, 4.69) is 6.92 Å². The fourth-order valence-corrected chi connectivity index (χ4v) is 3.61. The van der Waals surface area contributed by atoms with Crippen molar-refractivity contribution in [2.45, 2.75) is 111 Å². The minimum Gasteiger partial charge on any atom is -0.444 e. The Labute approximate surface area is 183 Å². The molecular formula is C24H43NO5. The zero-order chi connectivity index (χ0) is 22.6. The van der Waals surface area contributed by atoms with E-state index in [1.807, 2.05) is 27.7 Å². The van der Waals surface area contributed by atoms with Crippen molar-refractivity contribution in [3.8, 4) is 0 Å². The first kappa shape index (κ1) is 26.4. The second-order valence-electron chi connectivity index (χ2n) is 9.65. The van der Waals surface area contributed by atoms with Crippen LogP contribution in [0, 0.1) is 11.8 Å². The lowest BCUT2D eigenvalue weighted by Crippen LogP contribution is -2.43. The van der Waals surface area contributed by atoms with Gasteiger partial charge in [-0.3, -0.25) is 9.59 Å². The summed E-state index contributed by atoms with van der Waals surface area (Å²) in [7, 11) is 0. The van der Waals surface area contributed by atoms with Crippen LogP contribution in [0.4, 0.5) is 4.79 Å². The normalized spacial score (nSPS) is 16.2. The third kappa shape index (κ3) is 11.0. The zero-order valence-electron chi connectivity index (χ0n) is 19.8. The highest BCUT2D eigenvalue weighted by Gasteiger charge is 2.32. The van der Waals surface area contributed by atoms with E-state index in [9.17, 15) is 14.4 Å². The maximum absolute atomic E-state index is 12.3. The van der Waals surface area contributed by atoms with Crippen LogP contribution < -0.4 is 0 Å². The number of carbonyl (C=O) groups excluding carboxylic acids is 3. The average molecular weight is 426 g/mol. The van der Waals surface area contributed by atoms with Crippen molar-refractivity contribution in [2.24, 2.45) is 11.8 Å². The number of rotatable bonds is 11. The maximum Gasteiger partial charge on any atom is 0.410 e. The Kier molecular flexibility index (Phi) is 12.0. The summed E-state index contributed by atoms with van der Waals surface area (Å²) in [5.74, 6) is -1.46. The molecule has 0 radical (unpaired) electrons. The summed E-state index contributed by atoms with van der Waals surface area (Å²) in [5.41, 5.74) is -0.537. The van der Waals surface area contributed by atoms with E-state index in [-0.39, 0.29) is 17.9 Å². The maximum atomic E-state index is 12.3. The molecule has 1 rings (SSSR count). The number of unbranched alkanes of at least 4 members (excludes halogenated alkanes) is 7. The van der Waals surface area contributed by atoms with Crippen molar-refractivity contribution < 1.29 is 23.9 Å². The fraction of sp³-hybridized carbons (Fsp3) is 0.875.